The molecule has 208 valence electrons. The molecule has 5 rings (SSSR count). The third-order valence-electron chi connectivity index (χ3n) is 6.95. The van der Waals surface area contributed by atoms with Crippen molar-refractivity contribution in [2.45, 2.75) is 44.6 Å². The number of alkyl halides is 3. The van der Waals surface area contributed by atoms with Crippen molar-refractivity contribution in [2.75, 3.05) is 32.6 Å². The molecule has 1 aromatic carbocycles. The third kappa shape index (κ3) is 6.05. The summed E-state index contributed by atoms with van der Waals surface area (Å²) >= 11 is 0. The van der Waals surface area contributed by atoms with Gasteiger partial charge >= 0.3 is 12.1 Å². The SMILES string of the molecule is COc1cc2c(cc1Nc1ncc3cnn(CC4CC(NC(=O)COC(=O)C(F)(F)F)C4)c3n1)CN(C)CC2. The van der Waals surface area contributed by atoms with Crippen molar-refractivity contribution in [1.29, 1.82) is 0 Å². The number of amides is 1. The van der Waals surface area contributed by atoms with Crippen molar-refractivity contribution in [1.82, 2.24) is 30.0 Å². The summed E-state index contributed by atoms with van der Waals surface area (Å²) in [5.74, 6) is -1.86. The van der Waals surface area contributed by atoms with Gasteiger partial charge in [-0.2, -0.15) is 23.3 Å². The van der Waals surface area contributed by atoms with Crippen molar-refractivity contribution < 1.29 is 32.2 Å². The lowest BCUT2D eigenvalue weighted by Crippen LogP contribution is -2.47. The van der Waals surface area contributed by atoms with E-state index in [2.05, 4.69) is 54.5 Å². The Balaban J connectivity index is 1.19. The number of ether oxygens (including phenoxy) is 2. The molecular weight excluding hydrogens is 519 g/mol. The molecule has 1 aliphatic heterocycles. The molecule has 3 heterocycles. The number of anilines is 2. The van der Waals surface area contributed by atoms with Crippen molar-refractivity contribution in [3.63, 3.8) is 0 Å². The maximum absolute atomic E-state index is 12.2. The first kappa shape index (κ1) is 26.7. The summed E-state index contributed by atoms with van der Waals surface area (Å²) in [5, 5.41) is 11.1. The number of likely N-dealkylation sites (N-methyl/N-ethyl adjacent to an activating group) is 1. The number of hydrogen-bond acceptors (Lipinski definition) is 9. The first-order chi connectivity index (χ1) is 18.6. The molecule has 2 aliphatic rings. The lowest BCUT2D eigenvalue weighted by molar-refractivity contribution is -0.200. The van der Waals surface area contributed by atoms with Crippen LogP contribution < -0.4 is 15.4 Å². The van der Waals surface area contributed by atoms with E-state index in [0.717, 1.165) is 30.6 Å². The van der Waals surface area contributed by atoms with Crippen LogP contribution >= 0.6 is 0 Å². The summed E-state index contributed by atoms with van der Waals surface area (Å²) in [6, 6.07) is 3.91. The number of fused-ring (bicyclic) bond motifs is 2. The Morgan fingerprint density at radius 2 is 1.97 bits per heavy atom. The molecule has 39 heavy (non-hydrogen) atoms. The highest BCUT2D eigenvalue weighted by atomic mass is 19.4. The smallest absolute Gasteiger partial charge is 0.490 e. The van der Waals surface area contributed by atoms with Crippen LogP contribution in [0.25, 0.3) is 11.0 Å². The molecule has 0 saturated heterocycles. The Kier molecular flexibility index (Phi) is 7.30. The van der Waals surface area contributed by atoms with Crippen LogP contribution in [0.15, 0.2) is 24.5 Å². The molecule has 3 aromatic rings. The Bertz CT molecular complexity index is 1390. The van der Waals surface area contributed by atoms with Gasteiger partial charge in [-0.1, -0.05) is 0 Å². The van der Waals surface area contributed by atoms with E-state index < -0.39 is 24.7 Å². The molecule has 2 aromatic heterocycles. The second-order valence-corrected chi connectivity index (χ2v) is 9.91. The van der Waals surface area contributed by atoms with Gasteiger partial charge in [0.15, 0.2) is 12.3 Å². The van der Waals surface area contributed by atoms with Gasteiger partial charge in [0, 0.05) is 31.9 Å². The topological polar surface area (TPSA) is 124 Å². The summed E-state index contributed by atoms with van der Waals surface area (Å²) in [6.45, 7) is 1.42. The molecule has 11 nitrogen and oxygen atoms in total. The van der Waals surface area contributed by atoms with Crippen LogP contribution in [0.4, 0.5) is 24.8 Å². The van der Waals surface area contributed by atoms with Crippen LogP contribution in [0, 0.1) is 5.92 Å². The Labute approximate surface area is 221 Å². The average molecular weight is 548 g/mol. The largest absolute Gasteiger partial charge is 0.495 e. The van der Waals surface area contributed by atoms with Crippen molar-refractivity contribution in [3.05, 3.63) is 35.7 Å². The molecule has 1 fully saturated rings. The van der Waals surface area contributed by atoms with Crippen molar-refractivity contribution in [2.24, 2.45) is 5.92 Å². The van der Waals surface area contributed by atoms with Gasteiger partial charge in [-0.05, 0) is 55.5 Å². The van der Waals surface area contributed by atoms with E-state index in [1.54, 1.807) is 24.2 Å². The zero-order valence-electron chi connectivity index (χ0n) is 21.4. The number of hydrogen-bond donors (Lipinski definition) is 2. The Morgan fingerprint density at radius 3 is 2.72 bits per heavy atom. The maximum atomic E-state index is 12.2. The highest BCUT2D eigenvalue weighted by molar-refractivity contribution is 5.82. The van der Waals surface area contributed by atoms with E-state index in [9.17, 15) is 22.8 Å². The minimum atomic E-state index is -5.13. The van der Waals surface area contributed by atoms with Gasteiger partial charge in [0.05, 0.1) is 24.4 Å². The van der Waals surface area contributed by atoms with Gasteiger partial charge in [0.2, 0.25) is 5.95 Å². The van der Waals surface area contributed by atoms with Gasteiger partial charge in [-0.15, -0.1) is 0 Å². The number of aromatic nitrogens is 4. The fourth-order valence-corrected chi connectivity index (χ4v) is 4.90. The second kappa shape index (κ2) is 10.7. The Morgan fingerprint density at radius 1 is 1.18 bits per heavy atom. The number of carbonyl (C=O) groups is 2. The molecule has 0 radical (unpaired) electrons. The van der Waals surface area contributed by atoms with Crippen LogP contribution in [0.2, 0.25) is 0 Å². The normalized spacial score (nSPS) is 19.2. The van der Waals surface area contributed by atoms with E-state index in [0.29, 0.717) is 36.7 Å². The zero-order chi connectivity index (χ0) is 27.7. The number of nitrogens with zero attached hydrogens (tertiary/aromatic N) is 5. The van der Waals surface area contributed by atoms with Crippen LogP contribution in [-0.4, -0.2) is 76.1 Å². The van der Waals surface area contributed by atoms with E-state index in [1.807, 2.05) is 0 Å². The number of nitrogens with one attached hydrogen (secondary N) is 2. The van der Waals surface area contributed by atoms with E-state index in [1.165, 1.54) is 11.1 Å². The molecule has 0 bridgehead atoms. The number of methoxy groups -OCH3 is 1. The number of esters is 1. The van der Waals surface area contributed by atoms with Crippen LogP contribution in [-0.2, 0) is 33.8 Å². The van der Waals surface area contributed by atoms with Gasteiger partial charge in [0.1, 0.15) is 5.75 Å². The van der Waals surface area contributed by atoms with E-state index >= 15 is 0 Å². The quantitative estimate of drug-likeness (QED) is 0.410. The third-order valence-corrected chi connectivity index (χ3v) is 6.95. The molecule has 0 unspecified atom stereocenters. The average Bonchev–Trinajstić information content (AvgIpc) is 3.26. The summed E-state index contributed by atoms with van der Waals surface area (Å²) in [5.41, 5.74) is 3.91. The molecule has 14 heteroatoms. The molecule has 0 spiro atoms. The highest BCUT2D eigenvalue weighted by Gasteiger charge is 2.41. The van der Waals surface area contributed by atoms with Crippen molar-refractivity contribution in [3.8, 4) is 5.75 Å². The zero-order valence-corrected chi connectivity index (χ0v) is 21.4. The minimum absolute atomic E-state index is 0.181. The van der Waals surface area contributed by atoms with Gasteiger partial charge in [-0.25, -0.2) is 14.5 Å². The minimum Gasteiger partial charge on any atom is -0.495 e. The summed E-state index contributed by atoms with van der Waals surface area (Å²) in [6.07, 6.45) is 0.424. The predicted octanol–water partition coefficient (Wildman–Crippen LogP) is 2.57. The number of rotatable bonds is 8. The van der Waals surface area contributed by atoms with Crippen molar-refractivity contribution >= 4 is 34.5 Å². The molecule has 1 amide bonds. The summed E-state index contributed by atoms with van der Waals surface area (Å²) < 4.78 is 47.9. The monoisotopic (exact) mass is 547 g/mol. The Hall–Kier alpha value is -3.94. The fraction of sp³-hybridized carbons (Fsp3) is 0.480. The number of benzene rings is 1. The van der Waals surface area contributed by atoms with E-state index in [-0.39, 0.29) is 12.0 Å². The second-order valence-electron chi connectivity index (χ2n) is 9.91. The van der Waals surface area contributed by atoms with Gasteiger partial charge in [-0.3, -0.25) is 4.79 Å². The highest BCUT2D eigenvalue weighted by Crippen LogP contribution is 2.33. The van der Waals surface area contributed by atoms with Crippen LogP contribution in [0.3, 0.4) is 0 Å². The van der Waals surface area contributed by atoms with Crippen LogP contribution in [0.5, 0.6) is 5.75 Å². The van der Waals surface area contributed by atoms with E-state index in [4.69, 9.17) is 4.74 Å². The first-order valence-electron chi connectivity index (χ1n) is 12.5. The number of halogens is 3. The maximum Gasteiger partial charge on any atom is 0.490 e. The summed E-state index contributed by atoms with van der Waals surface area (Å²) in [4.78, 5) is 33.9. The molecule has 1 saturated carbocycles. The lowest BCUT2D eigenvalue weighted by Gasteiger charge is -2.35. The molecular formula is C25H28F3N7O4. The predicted molar refractivity (Wildman–Crippen MR) is 133 cm³/mol. The number of carbonyl (C=O) groups excluding carboxylic acids is 2. The van der Waals surface area contributed by atoms with Gasteiger partial charge in [0.25, 0.3) is 5.91 Å². The van der Waals surface area contributed by atoms with Crippen LogP contribution in [0.1, 0.15) is 24.0 Å². The molecule has 1 aliphatic carbocycles. The van der Waals surface area contributed by atoms with Gasteiger partial charge < -0.3 is 25.0 Å². The molecule has 0 atom stereocenters. The molecule has 2 N–H and O–H groups in total. The standard InChI is InChI=1S/C25H28F3N7O4/c1-34-4-3-15-8-20(38-2)19(7-16(15)12-34)32-24-29-9-17-10-30-35(22(17)33-24)11-14-5-18(6-14)31-21(36)13-39-23(37)25(26,27)28/h7-10,14,18H,3-6,11-13H2,1-2H3,(H,31,36)(H,29,32,33). The first-order valence-corrected chi connectivity index (χ1v) is 12.5. The fourth-order valence-electron chi connectivity index (χ4n) is 4.90. The summed E-state index contributed by atoms with van der Waals surface area (Å²) in [7, 11) is 3.72. The lowest BCUT2D eigenvalue weighted by atomic mass is 9.80.